The largest absolute Gasteiger partial charge is 0.473 e. The molecule has 1 heterocycles. The number of carboxylic acid groups (broad SMARTS) is 2. The van der Waals surface area contributed by atoms with Crippen molar-refractivity contribution in [3.05, 3.63) is 30.1 Å². The number of aliphatic carboxylic acids is 2. The smallest absolute Gasteiger partial charge is 0.414 e. The van der Waals surface area contributed by atoms with Gasteiger partial charge >= 0.3 is 11.9 Å². The van der Waals surface area contributed by atoms with E-state index in [2.05, 4.69) is 4.98 Å². The second-order valence-corrected chi connectivity index (χ2v) is 3.21. The summed E-state index contributed by atoms with van der Waals surface area (Å²) in [4.78, 5) is 21.9. The fourth-order valence-corrected chi connectivity index (χ4v) is 0.874. The highest BCUT2D eigenvalue weighted by Crippen LogP contribution is 2.17. The fourth-order valence-electron chi connectivity index (χ4n) is 0.874. The Bertz CT molecular complexity index is 386. The van der Waals surface area contributed by atoms with Gasteiger partial charge in [0.05, 0.1) is 6.54 Å². The molecule has 0 atom stereocenters. The molecule has 0 saturated carbocycles. The van der Waals surface area contributed by atoms with Gasteiger partial charge in [0.1, 0.15) is 0 Å². The van der Waals surface area contributed by atoms with E-state index in [4.69, 9.17) is 25.5 Å². The lowest BCUT2D eigenvalue weighted by Gasteiger charge is -2.12. The van der Waals surface area contributed by atoms with Crippen LogP contribution in [-0.4, -0.2) is 39.6 Å². The minimum absolute atomic E-state index is 0.336. The summed E-state index contributed by atoms with van der Waals surface area (Å²) in [5, 5.41) is 14.8. The summed E-state index contributed by atoms with van der Waals surface area (Å²) in [7, 11) is 0. The molecule has 1 rings (SSSR count). The summed E-state index contributed by atoms with van der Waals surface area (Å²) >= 11 is 0. The molecule has 1 aromatic rings. The first-order valence-corrected chi connectivity index (χ1v) is 4.71. The van der Waals surface area contributed by atoms with E-state index in [9.17, 15) is 8.78 Å². The molecule has 4 N–H and O–H groups in total. The van der Waals surface area contributed by atoms with Crippen LogP contribution in [0.1, 0.15) is 5.56 Å². The van der Waals surface area contributed by atoms with E-state index in [1.807, 2.05) is 0 Å². The van der Waals surface area contributed by atoms with Crippen molar-refractivity contribution >= 4 is 11.9 Å². The Morgan fingerprint density at radius 2 is 1.89 bits per heavy atom. The van der Waals surface area contributed by atoms with Crippen LogP contribution in [0, 0.1) is 0 Å². The minimum Gasteiger partial charge on any atom is -0.473 e. The van der Waals surface area contributed by atoms with Gasteiger partial charge in [0, 0.05) is 18.8 Å². The number of nitrogens with two attached hydrogens (primary N) is 1. The molecule has 8 heteroatoms. The van der Waals surface area contributed by atoms with Crippen LogP contribution in [0.25, 0.3) is 0 Å². The third kappa shape index (κ3) is 7.23. The van der Waals surface area contributed by atoms with Crippen LogP contribution in [0.5, 0.6) is 0 Å². The normalized spacial score (nSPS) is 10.2. The zero-order valence-corrected chi connectivity index (χ0v) is 9.22. The molecule has 0 fully saturated rings. The van der Waals surface area contributed by atoms with Crippen molar-refractivity contribution in [3.63, 3.8) is 0 Å². The SMILES string of the molecule is NCC(F)(F)Cc1cccnc1.O=C(O)C(=O)O. The summed E-state index contributed by atoms with van der Waals surface area (Å²) in [6, 6.07) is 3.23. The molecule has 1 aromatic heterocycles. The van der Waals surface area contributed by atoms with Gasteiger partial charge in [-0.1, -0.05) is 6.07 Å². The van der Waals surface area contributed by atoms with Gasteiger partial charge in [-0.15, -0.1) is 0 Å². The molecular formula is C10H12F2N2O4. The van der Waals surface area contributed by atoms with Gasteiger partial charge < -0.3 is 15.9 Å². The Balaban J connectivity index is 0.000000411. The molecule has 0 radical (unpaired) electrons. The maximum absolute atomic E-state index is 12.7. The summed E-state index contributed by atoms with van der Waals surface area (Å²) in [6.45, 7) is -0.623. The molecule has 0 saturated heterocycles. The Hall–Kier alpha value is -2.09. The Labute approximate surface area is 101 Å². The number of aromatic nitrogens is 1. The minimum atomic E-state index is -2.82. The van der Waals surface area contributed by atoms with Crippen LogP contribution >= 0.6 is 0 Å². The standard InChI is InChI=1S/C8H10F2N2.C2H2O4/c9-8(10,6-11)4-7-2-1-3-12-5-7;3-1(4)2(5)6/h1-3,5H,4,6,11H2;(H,3,4)(H,5,6). The topological polar surface area (TPSA) is 114 Å². The van der Waals surface area contributed by atoms with Gasteiger partial charge in [0.25, 0.3) is 5.92 Å². The van der Waals surface area contributed by atoms with Crippen molar-refractivity contribution in [1.29, 1.82) is 0 Å². The second kappa shape index (κ2) is 7.28. The van der Waals surface area contributed by atoms with E-state index in [0.29, 0.717) is 5.56 Å². The van der Waals surface area contributed by atoms with Crippen LogP contribution in [0.15, 0.2) is 24.5 Å². The first kappa shape index (κ1) is 15.9. The van der Waals surface area contributed by atoms with Crippen molar-refractivity contribution in [3.8, 4) is 0 Å². The molecule has 0 unspecified atom stereocenters. The molecule has 0 aromatic carbocycles. The number of halogens is 2. The predicted molar refractivity (Wildman–Crippen MR) is 57.2 cm³/mol. The van der Waals surface area contributed by atoms with Crippen molar-refractivity contribution in [2.45, 2.75) is 12.3 Å². The Kier molecular flexibility index (Phi) is 6.43. The second-order valence-electron chi connectivity index (χ2n) is 3.21. The van der Waals surface area contributed by atoms with Crippen molar-refractivity contribution in [1.82, 2.24) is 4.98 Å². The van der Waals surface area contributed by atoms with E-state index in [-0.39, 0.29) is 6.42 Å². The lowest BCUT2D eigenvalue weighted by molar-refractivity contribution is -0.159. The highest BCUT2D eigenvalue weighted by molar-refractivity contribution is 6.27. The summed E-state index contributed by atoms with van der Waals surface area (Å²) in [6.07, 6.45) is 2.63. The molecule has 0 aliphatic rings. The first-order valence-electron chi connectivity index (χ1n) is 4.71. The lowest BCUT2D eigenvalue weighted by Crippen LogP contribution is -2.30. The van der Waals surface area contributed by atoms with E-state index >= 15 is 0 Å². The maximum atomic E-state index is 12.7. The first-order chi connectivity index (χ1) is 8.28. The van der Waals surface area contributed by atoms with Crippen LogP contribution < -0.4 is 5.73 Å². The van der Waals surface area contributed by atoms with Crippen LogP contribution in [0.4, 0.5) is 8.78 Å². The molecule has 0 aliphatic heterocycles. The summed E-state index contributed by atoms with van der Waals surface area (Å²) in [5.74, 6) is -6.46. The van der Waals surface area contributed by atoms with E-state index < -0.39 is 24.4 Å². The molecular weight excluding hydrogens is 250 g/mol. The quantitative estimate of drug-likeness (QED) is 0.678. The van der Waals surface area contributed by atoms with Crippen molar-refractivity contribution in [2.75, 3.05) is 6.54 Å². The molecule has 0 bridgehead atoms. The number of rotatable bonds is 3. The van der Waals surface area contributed by atoms with E-state index in [1.165, 1.54) is 6.20 Å². The third-order valence-electron chi connectivity index (χ3n) is 1.67. The zero-order chi connectivity index (χ0) is 14.2. The molecule has 100 valence electrons. The number of hydrogen-bond acceptors (Lipinski definition) is 4. The highest BCUT2D eigenvalue weighted by atomic mass is 19.3. The zero-order valence-electron chi connectivity index (χ0n) is 9.22. The summed E-state index contributed by atoms with van der Waals surface area (Å²) < 4.78 is 25.4. The number of hydrogen-bond donors (Lipinski definition) is 3. The van der Waals surface area contributed by atoms with Crippen LogP contribution in [-0.2, 0) is 16.0 Å². The lowest BCUT2D eigenvalue weighted by atomic mass is 10.1. The van der Waals surface area contributed by atoms with Gasteiger partial charge in [-0.05, 0) is 11.6 Å². The van der Waals surface area contributed by atoms with Gasteiger partial charge in [0.15, 0.2) is 0 Å². The predicted octanol–water partition coefficient (Wildman–Crippen LogP) is 0.374. The number of nitrogens with zero attached hydrogens (tertiary/aromatic N) is 1. The molecule has 0 amide bonds. The van der Waals surface area contributed by atoms with E-state index in [1.54, 1.807) is 18.3 Å². The van der Waals surface area contributed by atoms with Gasteiger partial charge in [-0.3, -0.25) is 4.98 Å². The number of alkyl halides is 2. The third-order valence-corrected chi connectivity index (χ3v) is 1.67. The summed E-state index contributed by atoms with van der Waals surface area (Å²) in [5.41, 5.74) is 5.39. The van der Waals surface area contributed by atoms with Gasteiger partial charge in [-0.2, -0.15) is 0 Å². The number of pyridine rings is 1. The van der Waals surface area contributed by atoms with Crippen LogP contribution in [0.2, 0.25) is 0 Å². The average Bonchev–Trinajstić information content (AvgIpc) is 2.30. The molecule has 0 aliphatic carbocycles. The van der Waals surface area contributed by atoms with Crippen LogP contribution in [0.3, 0.4) is 0 Å². The Morgan fingerprint density at radius 3 is 2.22 bits per heavy atom. The van der Waals surface area contributed by atoms with E-state index in [0.717, 1.165) is 0 Å². The monoisotopic (exact) mass is 262 g/mol. The Morgan fingerprint density at radius 1 is 1.33 bits per heavy atom. The maximum Gasteiger partial charge on any atom is 0.414 e. The molecule has 6 nitrogen and oxygen atoms in total. The van der Waals surface area contributed by atoms with Crippen molar-refractivity contribution in [2.24, 2.45) is 5.73 Å². The number of carbonyl (C=O) groups is 2. The molecule has 0 spiro atoms. The average molecular weight is 262 g/mol. The van der Waals surface area contributed by atoms with Gasteiger partial charge in [0.2, 0.25) is 0 Å². The highest BCUT2D eigenvalue weighted by Gasteiger charge is 2.26. The van der Waals surface area contributed by atoms with Crippen molar-refractivity contribution < 1.29 is 28.6 Å². The number of carboxylic acids is 2. The van der Waals surface area contributed by atoms with Gasteiger partial charge in [-0.25, -0.2) is 18.4 Å². The fraction of sp³-hybridized carbons (Fsp3) is 0.300. The molecule has 18 heavy (non-hydrogen) atoms.